The van der Waals surface area contributed by atoms with Crippen molar-refractivity contribution in [3.63, 3.8) is 0 Å². The normalized spacial score (nSPS) is 14.1. The number of hydrogen-bond donors (Lipinski definition) is 0. The fourth-order valence-corrected chi connectivity index (χ4v) is 3.56. The topological polar surface area (TPSA) is 4.93 Å². The molecule has 116 valence electrons. The lowest BCUT2D eigenvalue weighted by atomic mass is 9.84. The van der Waals surface area contributed by atoms with E-state index in [2.05, 4.69) is 87.7 Å². The largest absolute Gasteiger partial charge is 0.337 e. The van der Waals surface area contributed by atoms with Crippen molar-refractivity contribution in [2.45, 2.75) is 47.1 Å². The van der Waals surface area contributed by atoms with Crippen molar-refractivity contribution in [3.8, 4) is 0 Å². The van der Waals surface area contributed by atoms with Gasteiger partial charge in [-0.25, -0.2) is 0 Å². The van der Waals surface area contributed by atoms with Crippen molar-refractivity contribution < 1.29 is 0 Å². The summed E-state index contributed by atoms with van der Waals surface area (Å²) in [5, 5.41) is 2.75. The molecule has 1 heteroatoms. The Hall–Kier alpha value is -1.76. The summed E-state index contributed by atoms with van der Waals surface area (Å²) in [5.41, 5.74) is 3.06. The van der Waals surface area contributed by atoms with Crippen molar-refractivity contribution in [1.29, 1.82) is 0 Å². The minimum Gasteiger partial charge on any atom is -0.337 e. The van der Waals surface area contributed by atoms with Crippen LogP contribution in [-0.2, 0) is 0 Å². The fourth-order valence-electron chi connectivity index (χ4n) is 3.56. The Morgan fingerprint density at radius 1 is 0.818 bits per heavy atom. The second kappa shape index (κ2) is 5.46. The third kappa shape index (κ3) is 2.65. The van der Waals surface area contributed by atoms with Crippen molar-refractivity contribution in [2.75, 3.05) is 0 Å². The first-order valence-corrected chi connectivity index (χ1v) is 8.36. The van der Waals surface area contributed by atoms with E-state index in [9.17, 15) is 0 Å². The summed E-state index contributed by atoms with van der Waals surface area (Å²) >= 11 is 0. The van der Waals surface area contributed by atoms with Gasteiger partial charge in [-0.1, -0.05) is 71.0 Å². The summed E-state index contributed by atoms with van der Waals surface area (Å²) in [5.74, 6) is 0.610. The summed E-state index contributed by atoms with van der Waals surface area (Å²) in [6.07, 6.45) is 1.19. The molecule has 0 fully saturated rings. The first kappa shape index (κ1) is 15.1. The lowest BCUT2D eigenvalue weighted by Crippen LogP contribution is -2.21. The average Bonchev–Trinajstić information content (AvgIpc) is 2.78. The molecule has 3 aromatic rings. The van der Waals surface area contributed by atoms with Gasteiger partial charge in [0.05, 0.1) is 0 Å². The zero-order chi connectivity index (χ0) is 15.9. The molecule has 1 atom stereocenters. The molecule has 0 aliphatic rings. The van der Waals surface area contributed by atoms with Gasteiger partial charge in [0.15, 0.2) is 0 Å². The zero-order valence-electron chi connectivity index (χ0n) is 14.4. The van der Waals surface area contributed by atoms with Crippen LogP contribution in [0.5, 0.6) is 0 Å². The molecule has 1 nitrogen and oxygen atoms in total. The van der Waals surface area contributed by atoms with Gasteiger partial charge in [-0.3, -0.25) is 0 Å². The van der Waals surface area contributed by atoms with E-state index in [1.807, 2.05) is 0 Å². The Labute approximate surface area is 133 Å². The molecule has 0 bridgehead atoms. The predicted molar refractivity (Wildman–Crippen MR) is 97.4 cm³/mol. The highest BCUT2D eigenvalue weighted by atomic mass is 15.0. The molecule has 0 aliphatic carbocycles. The Bertz CT molecular complexity index is 733. The maximum Gasteiger partial charge on any atom is 0.0494 e. The zero-order valence-corrected chi connectivity index (χ0v) is 14.4. The molecular weight excluding hydrogens is 266 g/mol. The summed E-state index contributed by atoms with van der Waals surface area (Å²) in [4.78, 5) is 0. The van der Waals surface area contributed by atoms with E-state index in [-0.39, 0.29) is 0 Å². The minimum absolute atomic E-state index is 0.321. The molecule has 0 spiro atoms. The first-order valence-electron chi connectivity index (χ1n) is 8.36. The van der Waals surface area contributed by atoms with Gasteiger partial charge >= 0.3 is 0 Å². The quantitative estimate of drug-likeness (QED) is 0.524. The number of benzene rings is 2. The van der Waals surface area contributed by atoms with Crippen molar-refractivity contribution in [2.24, 2.45) is 11.3 Å². The van der Waals surface area contributed by atoms with Gasteiger partial charge < -0.3 is 4.57 Å². The highest BCUT2D eigenvalue weighted by molar-refractivity contribution is 6.08. The van der Waals surface area contributed by atoms with Crippen molar-refractivity contribution >= 4 is 21.8 Å². The Morgan fingerprint density at radius 3 is 1.68 bits per heavy atom. The van der Waals surface area contributed by atoms with Gasteiger partial charge in [0.1, 0.15) is 0 Å². The molecular formula is C21H27N. The number of aromatic nitrogens is 1. The summed E-state index contributed by atoms with van der Waals surface area (Å²) in [6.45, 7) is 11.7. The summed E-state index contributed by atoms with van der Waals surface area (Å²) in [6, 6.07) is 18.2. The van der Waals surface area contributed by atoms with Gasteiger partial charge in [-0.15, -0.1) is 0 Å². The summed E-state index contributed by atoms with van der Waals surface area (Å²) < 4.78 is 2.58. The molecule has 0 saturated heterocycles. The first-order chi connectivity index (χ1) is 10.4. The minimum atomic E-state index is 0.321. The second-order valence-corrected chi connectivity index (χ2v) is 7.98. The third-order valence-corrected chi connectivity index (χ3v) is 4.54. The lowest BCUT2D eigenvalue weighted by molar-refractivity contribution is 0.252. The van der Waals surface area contributed by atoms with E-state index >= 15 is 0 Å². The van der Waals surface area contributed by atoms with E-state index in [1.54, 1.807) is 0 Å². The lowest BCUT2D eigenvalue weighted by Gasteiger charge is -2.31. The molecule has 0 radical (unpaired) electrons. The Kier molecular flexibility index (Phi) is 3.76. The van der Waals surface area contributed by atoms with Crippen molar-refractivity contribution in [1.82, 2.24) is 4.57 Å². The monoisotopic (exact) mass is 293 g/mol. The van der Waals surface area contributed by atoms with Crippen LogP contribution in [-0.4, -0.2) is 4.57 Å². The van der Waals surface area contributed by atoms with Crippen LogP contribution in [0.4, 0.5) is 0 Å². The van der Waals surface area contributed by atoms with Gasteiger partial charge in [0.2, 0.25) is 0 Å². The smallest absolute Gasteiger partial charge is 0.0494 e. The Morgan fingerprint density at radius 2 is 1.27 bits per heavy atom. The third-order valence-electron chi connectivity index (χ3n) is 4.54. The predicted octanol–water partition coefficient (Wildman–Crippen LogP) is 6.43. The number of nitrogens with zero attached hydrogens (tertiary/aromatic N) is 1. The van der Waals surface area contributed by atoms with Crippen LogP contribution in [0.3, 0.4) is 0 Å². The Balaban J connectivity index is 2.30. The van der Waals surface area contributed by atoms with Crippen molar-refractivity contribution in [3.05, 3.63) is 48.5 Å². The molecule has 1 aromatic heterocycles. The highest BCUT2D eigenvalue weighted by Crippen LogP contribution is 2.39. The maximum absolute atomic E-state index is 2.58. The van der Waals surface area contributed by atoms with Crippen LogP contribution in [0.2, 0.25) is 0 Å². The molecule has 2 aromatic carbocycles. The number of rotatable bonds is 3. The standard InChI is InChI=1S/C21H27N/c1-15(2)20(14-21(3,4)5)22-18-12-8-6-10-16(18)17-11-7-9-13-19(17)22/h6-13,15,20H,14H2,1-5H3. The van der Waals surface area contributed by atoms with Crippen LogP contribution < -0.4 is 0 Å². The van der Waals surface area contributed by atoms with Gasteiger partial charge in [0.25, 0.3) is 0 Å². The molecule has 1 heterocycles. The second-order valence-electron chi connectivity index (χ2n) is 7.98. The average molecular weight is 293 g/mol. The van der Waals surface area contributed by atoms with Crippen LogP contribution in [0.15, 0.2) is 48.5 Å². The van der Waals surface area contributed by atoms with Crippen LogP contribution in [0, 0.1) is 11.3 Å². The molecule has 22 heavy (non-hydrogen) atoms. The van der Waals surface area contributed by atoms with E-state index in [0.717, 1.165) is 0 Å². The molecule has 0 N–H and O–H groups in total. The van der Waals surface area contributed by atoms with Crippen LogP contribution in [0.1, 0.15) is 47.1 Å². The maximum atomic E-state index is 2.58. The number of para-hydroxylation sites is 2. The van der Waals surface area contributed by atoms with Gasteiger partial charge in [-0.2, -0.15) is 0 Å². The highest BCUT2D eigenvalue weighted by Gasteiger charge is 2.25. The van der Waals surface area contributed by atoms with Crippen LogP contribution in [0.25, 0.3) is 21.8 Å². The molecule has 3 rings (SSSR count). The molecule has 1 unspecified atom stereocenters. The van der Waals surface area contributed by atoms with E-state index < -0.39 is 0 Å². The van der Waals surface area contributed by atoms with Crippen LogP contribution >= 0.6 is 0 Å². The number of hydrogen-bond acceptors (Lipinski definition) is 0. The molecule has 0 aliphatic heterocycles. The number of fused-ring (bicyclic) bond motifs is 3. The fraction of sp³-hybridized carbons (Fsp3) is 0.429. The van der Waals surface area contributed by atoms with E-state index in [0.29, 0.717) is 17.4 Å². The molecule has 0 amide bonds. The van der Waals surface area contributed by atoms with Gasteiger partial charge in [0, 0.05) is 27.8 Å². The molecule has 0 saturated carbocycles. The summed E-state index contributed by atoms with van der Waals surface area (Å²) in [7, 11) is 0. The van der Waals surface area contributed by atoms with E-state index in [4.69, 9.17) is 0 Å². The van der Waals surface area contributed by atoms with Gasteiger partial charge in [-0.05, 0) is 29.9 Å². The SMILES string of the molecule is CC(C)C(CC(C)(C)C)n1c2ccccc2c2ccccc21. The van der Waals surface area contributed by atoms with E-state index in [1.165, 1.54) is 28.2 Å².